The third kappa shape index (κ3) is 3.74. The molecule has 1 heterocycles. The van der Waals surface area contributed by atoms with E-state index in [0.717, 1.165) is 29.5 Å². The standard InChI is InChI=1S/C18H19BrN2O2/c1-20(13-14-7-2-3-8-15(14)19)11-6-12-21-16-9-4-5-10-17(16)23-18(21)22/h2-5,7-10H,6,11-13H2,1H3. The van der Waals surface area contributed by atoms with Gasteiger partial charge in [0, 0.05) is 17.6 Å². The van der Waals surface area contributed by atoms with Crippen LogP contribution in [0.4, 0.5) is 0 Å². The SMILES string of the molecule is CN(CCCn1c(=O)oc2ccccc21)Cc1ccccc1Br. The van der Waals surface area contributed by atoms with Gasteiger partial charge >= 0.3 is 5.76 Å². The molecule has 2 aromatic carbocycles. The average molecular weight is 375 g/mol. The third-order valence-corrected chi connectivity index (χ3v) is 4.67. The summed E-state index contributed by atoms with van der Waals surface area (Å²) in [5, 5.41) is 0. The first-order valence-electron chi connectivity index (χ1n) is 7.65. The number of aromatic nitrogens is 1. The van der Waals surface area contributed by atoms with Crippen LogP contribution in [0.5, 0.6) is 0 Å². The van der Waals surface area contributed by atoms with Crippen LogP contribution in [-0.2, 0) is 13.1 Å². The van der Waals surface area contributed by atoms with E-state index in [4.69, 9.17) is 4.42 Å². The van der Waals surface area contributed by atoms with Crippen LogP contribution in [0.1, 0.15) is 12.0 Å². The Morgan fingerprint density at radius 1 is 1.13 bits per heavy atom. The Bertz CT molecular complexity index is 853. The molecule has 0 saturated heterocycles. The molecule has 1 aromatic heterocycles. The minimum atomic E-state index is -0.278. The van der Waals surface area contributed by atoms with E-state index < -0.39 is 0 Å². The summed E-state index contributed by atoms with van der Waals surface area (Å²) in [6.07, 6.45) is 0.893. The maximum absolute atomic E-state index is 11.9. The second-order valence-corrected chi connectivity index (χ2v) is 6.52. The number of halogens is 1. The molecule has 0 aliphatic rings. The summed E-state index contributed by atoms with van der Waals surface area (Å²) in [7, 11) is 2.09. The highest BCUT2D eigenvalue weighted by Gasteiger charge is 2.09. The molecule has 0 spiro atoms. The zero-order valence-corrected chi connectivity index (χ0v) is 14.6. The molecule has 4 nitrogen and oxygen atoms in total. The van der Waals surface area contributed by atoms with E-state index in [2.05, 4.69) is 40.0 Å². The van der Waals surface area contributed by atoms with Crippen molar-refractivity contribution in [3.05, 3.63) is 69.1 Å². The molecular formula is C18H19BrN2O2. The van der Waals surface area contributed by atoms with Crippen LogP contribution in [0.15, 0.2) is 62.2 Å². The fourth-order valence-corrected chi connectivity index (χ4v) is 3.13. The zero-order chi connectivity index (χ0) is 16.2. The van der Waals surface area contributed by atoms with Crippen molar-refractivity contribution >= 4 is 27.0 Å². The molecule has 0 saturated carbocycles. The van der Waals surface area contributed by atoms with E-state index in [1.165, 1.54) is 5.56 Å². The molecular weight excluding hydrogens is 356 g/mol. The van der Waals surface area contributed by atoms with Crippen molar-refractivity contribution < 1.29 is 4.42 Å². The Balaban J connectivity index is 1.59. The summed E-state index contributed by atoms with van der Waals surface area (Å²) in [4.78, 5) is 14.2. The van der Waals surface area contributed by atoms with E-state index in [0.29, 0.717) is 12.1 Å². The van der Waals surface area contributed by atoms with Crippen LogP contribution >= 0.6 is 15.9 Å². The van der Waals surface area contributed by atoms with Crippen LogP contribution < -0.4 is 5.76 Å². The topological polar surface area (TPSA) is 38.4 Å². The Morgan fingerprint density at radius 3 is 2.70 bits per heavy atom. The van der Waals surface area contributed by atoms with Gasteiger partial charge in [0.05, 0.1) is 5.52 Å². The van der Waals surface area contributed by atoms with Crippen LogP contribution in [0, 0.1) is 0 Å². The van der Waals surface area contributed by atoms with Gasteiger partial charge in [-0.1, -0.05) is 46.3 Å². The largest absolute Gasteiger partial charge is 0.419 e. The maximum atomic E-state index is 11.9. The van der Waals surface area contributed by atoms with Gasteiger partial charge in [0.15, 0.2) is 5.58 Å². The van der Waals surface area contributed by atoms with Crippen LogP contribution in [0.25, 0.3) is 11.1 Å². The van der Waals surface area contributed by atoms with Crippen LogP contribution in [-0.4, -0.2) is 23.1 Å². The number of nitrogens with zero attached hydrogens (tertiary/aromatic N) is 2. The van der Waals surface area contributed by atoms with Crippen LogP contribution in [0.2, 0.25) is 0 Å². The quantitative estimate of drug-likeness (QED) is 0.656. The van der Waals surface area contributed by atoms with Crippen molar-refractivity contribution in [2.24, 2.45) is 0 Å². The van der Waals surface area contributed by atoms with Crippen molar-refractivity contribution in [2.45, 2.75) is 19.5 Å². The summed E-state index contributed by atoms with van der Waals surface area (Å²) in [6.45, 7) is 2.45. The van der Waals surface area contributed by atoms with Gasteiger partial charge < -0.3 is 9.32 Å². The van der Waals surface area contributed by atoms with Gasteiger partial charge in [0.1, 0.15) is 0 Å². The molecule has 23 heavy (non-hydrogen) atoms. The summed E-state index contributed by atoms with van der Waals surface area (Å²) >= 11 is 3.58. The van der Waals surface area contributed by atoms with Crippen molar-refractivity contribution in [3.8, 4) is 0 Å². The van der Waals surface area contributed by atoms with E-state index in [9.17, 15) is 4.79 Å². The van der Waals surface area contributed by atoms with Gasteiger partial charge in [-0.3, -0.25) is 4.57 Å². The molecule has 0 radical (unpaired) electrons. The van der Waals surface area contributed by atoms with Crippen molar-refractivity contribution in [2.75, 3.05) is 13.6 Å². The molecule has 3 aromatic rings. The lowest BCUT2D eigenvalue weighted by Gasteiger charge is -2.17. The third-order valence-electron chi connectivity index (χ3n) is 3.89. The average Bonchev–Trinajstić information content (AvgIpc) is 2.86. The molecule has 0 atom stereocenters. The monoisotopic (exact) mass is 374 g/mol. The number of hydrogen-bond acceptors (Lipinski definition) is 3. The normalized spacial score (nSPS) is 11.4. The first-order chi connectivity index (χ1) is 11.1. The van der Waals surface area contributed by atoms with E-state index >= 15 is 0 Å². The Morgan fingerprint density at radius 2 is 1.87 bits per heavy atom. The molecule has 0 N–H and O–H groups in total. The summed E-state index contributed by atoms with van der Waals surface area (Å²) in [5.41, 5.74) is 2.78. The van der Waals surface area contributed by atoms with Crippen molar-refractivity contribution in [1.29, 1.82) is 0 Å². The smallest absolute Gasteiger partial charge is 0.408 e. The van der Waals surface area contributed by atoms with E-state index in [1.54, 1.807) is 4.57 Å². The first kappa shape index (κ1) is 16.0. The molecule has 0 aliphatic carbocycles. The molecule has 3 rings (SSSR count). The number of hydrogen-bond donors (Lipinski definition) is 0. The fourth-order valence-electron chi connectivity index (χ4n) is 2.72. The summed E-state index contributed by atoms with van der Waals surface area (Å²) < 4.78 is 8.09. The number of fused-ring (bicyclic) bond motifs is 1. The minimum absolute atomic E-state index is 0.278. The predicted molar refractivity (Wildman–Crippen MR) is 95.6 cm³/mol. The maximum Gasteiger partial charge on any atom is 0.419 e. The lowest BCUT2D eigenvalue weighted by Crippen LogP contribution is -2.22. The highest BCUT2D eigenvalue weighted by Crippen LogP contribution is 2.17. The highest BCUT2D eigenvalue weighted by molar-refractivity contribution is 9.10. The van der Waals surface area contributed by atoms with Gasteiger partial charge in [-0.25, -0.2) is 4.79 Å². The number of rotatable bonds is 6. The zero-order valence-electron chi connectivity index (χ0n) is 13.0. The Kier molecular flexibility index (Phi) is 4.98. The Hall–Kier alpha value is -1.85. The lowest BCUT2D eigenvalue weighted by molar-refractivity contribution is 0.312. The van der Waals surface area contributed by atoms with E-state index in [1.807, 2.05) is 36.4 Å². The molecule has 5 heteroatoms. The fraction of sp³-hybridized carbons (Fsp3) is 0.278. The van der Waals surface area contributed by atoms with Gasteiger partial charge in [-0.15, -0.1) is 0 Å². The Labute approximate surface area is 143 Å². The highest BCUT2D eigenvalue weighted by atomic mass is 79.9. The number of oxazole rings is 1. The summed E-state index contributed by atoms with van der Waals surface area (Å²) in [6, 6.07) is 15.8. The molecule has 120 valence electrons. The first-order valence-corrected chi connectivity index (χ1v) is 8.45. The lowest BCUT2D eigenvalue weighted by atomic mass is 10.2. The predicted octanol–water partition coefficient (Wildman–Crippen LogP) is 3.88. The number of para-hydroxylation sites is 2. The molecule has 0 aliphatic heterocycles. The number of benzene rings is 2. The minimum Gasteiger partial charge on any atom is -0.408 e. The van der Waals surface area contributed by atoms with Gasteiger partial charge in [-0.05, 0) is 43.8 Å². The van der Waals surface area contributed by atoms with Gasteiger partial charge in [0.25, 0.3) is 0 Å². The molecule has 0 bridgehead atoms. The van der Waals surface area contributed by atoms with Gasteiger partial charge in [-0.2, -0.15) is 0 Å². The second kappa shape index (κ2) is 7.15. The molecule has 0 fully saturated rings. The van der Waals surface area contributed by atoms with Gasteiger partial charge in [0.2, 0.25) is 0 Å². The molecule has 0 amide bonds. The van der Waals surface area contributed by atoms with E-state index in [-0.39, 0.29) is 5.76 Å². The number of aryl methyl sites for hydroxylation is 1. The second-order valence-electron chi connectivity index (χ2n) is 5.67. The molecule has 0 unspecified atom stereocenters. The van der Waals surface area contributed by atoms with Crippen LogP contribution in [0.3, 0.4) is 0 Å². The van der Waals surface area contributed by atoms with Crippen molar-refractivity contribution in [1.82, 2.24) is 9.47 Å². The van der Waals surface area contributed by atoms with Crippen molar-refractivity contribution in [3.63, 3.8) is 0 Å². The summed E-state index contributed by atoms with van der Waals surface area (Å²) in [5.74, 6) is -0.278.